The largest absolute Gasteiger partial charge is 0.338 e. The summed E-state index contributed by atoms with van der Waals surface area (Å²) in [4.78, 5) is 18.4. The Balaban J connectivity index is 1.58. The van der Waals surface area contributed by atoms with Crippen LogP contribution in [0.4, 0.5) is 0 Å². The molecular formula is C13H21N5O. The van der Waals surface area contributed by atoms with Gasteiger partial charge in [-0.3, -0.25) is 4.79 Å². The van der Waals surface area contributed by atoms with E-state index in [1.165, 1.54) is 19.2 Å². The van der Waals surface area contributed by atoms with Crippen molar-refractivity contribution in [3.63, 3.8) is 0 Å². The molecule has 6 nitrogen and oxygen atoms in total. The molecule has 1 aliphatic heterocycles. The molecule has 6 heteroatoms. The van der Waals surface area contributed by atoms with Crippen molar-refractivity contribution in [1.29, 1.82) is 0 Å². The normalized spacial score (nSPS) is 20.4. The first-order chi connectivity index (χ1) is 9.33. The van der Waals surface area contributed by atoms with Crippen LogP contribution in [0.2, 0.25) is 0 Å². The molecule has 0 unspecified atom stereocenters. The Morgan fingerprint density at radius 1 is 1.32 bits per heavy atom. The van der Waals surface area contributed by atoms with Crippen molar-refractivity contribution >= 4 is 5.91 Å². The third-order valence-corrected chi connectivity index (χ3v) is 3.99. The summed E-state index contributed by atoms with van der Waals surface area (Å²) in [5.74, 6) is 0.841. The second-order valence-electron chi connectivity index (χ2n) is 5.56. The fourth-order valence-electron chi connectivity index (χ4n) is 2.73. The highest BCUT2D eigenvalue weighted by atomic mass is 16.2. The van der Waals surface area contributed by atoms with E-state index < -0.39 is 0 Å². The molecule has 2 aliphatic rings. The van der Waals surface area contributed by atoms with Crippen LogP contribution in [0.15, 0.2) is 12.7 Å². The highest BCUT2D eigenvalue weighted by molar-refractivity contribution is 5.76. The molecule has 3 rings (SSSR count). The molecule has 0 bridgehead atoms. The molecule has 1 amide bonds. The monoisotopic (exact) mass is 263 g/mol. The van der Waals surface area contributed by atoms with Gasteiger partial charge in [0.25, 0.3) is 0 Å². The lowest BCUT2D eigenvalue weighted by Gasteiger charge is -2.30. The predicted molar refractivity (Wildman–Crippen MR) is 70.4 cm³/mol. The summed E-state index contributed by atoms with van der Waals surface area (Å²) in [7, 11) is 0. The van der Waals surface area contributed by atoms with Crippen molar-refractivity contribution < 1.29 is 4.79 Å². The van der Waals surface area contributed by atoms with E-state index >= 15 is 0 Å². The average molecular weight is 263 g/mol. The van der Waals surface area contributed by atoms with Gasteiger partial charge in [-0.2, -0.15) is 5.10 Å². The van der Waals surface area contributed by atoms with Gasteiger partial charge in [0.2, 0.25) is 5.91 Å². The van der Waals surface area contributed by atoms with Gasteiger partial charge in [0.05, 0.1) is 0 Å². The zero-order valence-electron chi connectivity index (χ0n) is 11.2. The minimum absolute atomic E-state index is 0.187. The van der Waals surface area contributed by atoms with Crippen molar-refractivity contribution in [2.75, 3.05) is 19.6 Å². The number of nitrogens with one attached hydrogen (secondary N) is 1. The van der Waals surface area contributed by atoms with E-state index in [4.69, 9.17) is 0 Å². The molecule has 0 radical (unpaired) electrons. The maximum absolute atomic E-state index is 12.4. The minimum atomic E-state index is 0.187. The molecule has 1 N–H and O–H groups in total. The van der Waals surface area contributed by atoms with Gasteiger partial charge >= 0.3 is 0 Å². The Bertz CT molecular complexity index is 409. The zero-order chi connectivity index (χ0) is 13.1. The number of rotatable bonds is 5. The number of nitrogens with zero attached hydrogens (tertiary/aromatic N) is 4. The summed E-state index contributed by atoms with van der Waals surface area (Å²) in [5, 5.41) is 7.39. The molecule has 2 fully saturated rings. The molecule has 1 saturated heterocycles. The Morgan fingerprint density at radius 3 is 2.74 bits per heavy atom. The van der Waals surface area contributed by atoms with Crippen LogP contribution in [-0.4, -0.2) is 51.2 Å². The quantitative estimate of drug-likeness (QED) is 0.828. The van der Waals surface area contributed by atoms with Crippen LogP contribution >= 0.6 is 0 Å². The van der Waals surface area contributed by atoms with E-state index in [1.807, 2.05) is 0 Å². The summed E-state index contributed by atoms with van der Waals surface area (Å²) >= 11 is 0. The maximum Gasteiger partial charge on any atom is 0.244 e. The van der Waals surface area contributed by atoms with Crippen molar-refractivity contribution in [2.24, 2.45) is 5.92 Å². The summed E-state index contributed by atoms with van der Waals surface area (Å²) in [6, 6.07) is 0.478. The van der Waals surface area contributed by atoms with Crippen LogP contribution in [-0.2, 0) is 11.3 Å². The van der Waals surface area contributed by atoms with Gasteiger partial charge in [-0.1, -0.05) is 0 Å². The molecule has 2 heterocycles. The van der Waals surface area contributed by atoms with Crippen LogP contribution in [0.25, 0.3) is 0 Å². The number of hydrogen-bond donors (Lipinski definition) is 1. The molecule has 104 valence electrons. The number of piperidine rings is 1. The average Bonchev–Trinajstić information content (AvgIpc) is 3.15. The molecule has 0 spiro atoms. The third kappa shape index (κ3) is 3.32. The first kappa shape index (κ1) is 12.6. The standard InChI is InChI=1S/C13H21N5O/c19-13(8-17-10-15-9-16-17)18(12-1-2-12)7-11-3-5-14-6-4-11/h9-12,14H,1-8H2. The lowest BCUT2D eigenvalue weighted by atomic mass is 9.97. The molecule has 1 saturated carbocycles. The Kier molecular flexibility index (Phi) is 3.77. The molecule has 1 aromatic rings. The summed E-state index contributed by atoms with van der Waals surface area (Å²) in [6.45, 7) is 3.40. The van der Waals surface area contributed by atoms with Crippen LogP contribution in [0.1, 0.15) is 25.7 Å². The van der Waals surface area contributed by atoms with E-state index in [1.54, 1.807) is 11.0 Å². The van der Waals surface area contributed by atoms with Gasteiger partial charge in [0, 0.05) is 12.6 Å². The van der Waals surface area contributed by atoms with Crippen molar-refractivity contribution in [3.8, 4) is 0 Å². The molecule has 1 aliphatic carbocycles. The van der Waals surface area contributed by atoms with Crippen molar-refractivity contribution in [2.45, 2.75) is 38.3 Å². The lowest BCUT2D eigenvalue weighted by molar-refractivity contribution is -0.133. The van der Waals surface area contributed by atoms with E-state index in [9.17, 15) is 4.79 Å². The Labute approximate surface area is 113 Å². The zero-order valence-corrected chi connectivity index (χ0v) is 11.2. The Hall–Kier alpha value is -1.43. The fraction of sp³-hybridized carbons (Fsp3) is 0.769. The van der Waals surface area contributed by atoms with E-state index in [2.05, 4.69) is 20.3 Å². The number of amides is 1. The van der Waals surface area contributed by atoms with Gasteiger partial charge in [-0.05, 0) is 44.7 Å². The number of aromatic nitrogens is 3. The minimum Gasteiger partial charge on any atom is -0.338 e. The summed E-state index contributed by atoms with van der Waals surface area (Å²) in [6.07, 6.45) is 7.76. The van der Waals surface area contributed by atoms with Crippen molar-refractivity contribution in [3.05, 3.63) is 12.7 Å². The smallest absolute Gasteiger partial charge is 0.244 e. The first-order valence-electron chi connectivity index (χ1n) is 7.15. The second kappa shape index (κ2) is 5.69. The highest BCUT2D eigenvalue weighted by Crippen LogP contribution is 2.29. The van der Waals surface area contributed by atoms with Gasteiger partial charge in [0.15, 0.2) is 0 Å². The van der Waals surface area contributed by atoms with E-state index in [-0.39, 0.29) is 5.91 Å². The second-order valence-corrected chi connectivity index (χ2v) is 5.56. The summed E-state index contributed by atoms with van der Waals surface area (Å²) < 4.78 is 1.61. The topological polar surface area (TPSA) is 63.1 Å². The number of carbonyl (C=O) groups excluding carboxylic acids is 1. The molecular weight excluding hydrogens is 242 g/mol. The fourth-order valence-corrected chi connectivity index (χ4v) is 2.73. The van der Waals surface area contributed by atoms with Gasteiger partial charge in [-0.25, -0.2) is 9.67 Å². The SMILES string of the molecule is O=C(Cn1cncn1)N(CC1CCNCC1)C1CC1. The van der Waals surface area contributed by atoms with Gasteiger partial charge < -0.3 is 10.2 Å². The first-order valence-corrected chi connectivity index (χ1v) is 7.15. The van der Waals surface area contributed by atoms with Gasteiger partial charge in [-0.15, -0.1) is 0 Å². The molecule has 1 aromatic heterocycles. The molecule has 19 heavy (non-hydrogen) atoms. The Morgan fingerprint density at radius 2 is 2.11 bits per heavy atom. The molecule has 0 aromatic carbocycles. The van der Waals surface area contributed by atoms with Crippen LogP contribution in [0.3, 0.4) is 0 Å². The van der Waals surface area contributed by atoms with Crippen LogP contribution in [0, 0.1) is 5.92 Å². The third-order valence-electron chi connectivity index (χ3n) is 3.99. The van der Waals surface area contributed by atoms with Gasteiger partial charge in [0.1, 0.15) is 19.2 Å². The van der Waals surface area contributed by atoms with Crippen LogP contribution in [0.5, 0.6) is 0 Å². The van der Waals surface area contributed by atoms with E-state index in [0.29, 0.717) is 18.5 Å². The van der Waals surface area contributed by atoms with Crippen molar-refractivity contribution in [1.82, 2.24) is 25.0 Å². The lowest BCUT2D eigenvalue weighted by Crippen LogP contribution is -2.42. The summed E-state index contributed by atoms with van der Waals surface area (Å²) in [5.41, 5.74) is 0. The number of carbonyl (C=O) groups is 1. The van der Waals surface area contributed by atoms with Crippen LogP contribution < -0.4 is 5.32 Å². The number of hydrogen-bond acceptors (Lipinski definition) is 4. The maximum atomic E-state index is 12.4. The predicted octanol–water partition coefficient (Wildman–Crippen LogP) is 0.269. The highest BCUT2D eigenvalue weighted by Gasteiger charge is 2.34. The molecule has 0 atom stereocenters. The van der Waals surface area contributed by atoms with E-state index in [0.717, 1.165) is 32.5 Å².